The molecule has 8 nitrogen and oxygen atoms in total. The van der Waals surface area contributed by atoms with Crippen molar-refractivity contribution in [1.29, 1.82) is 0 Å². The second-order valence-corrected chi connectivity index (χ2v) is 6.79. The lowest BCUT2D eigenvalue weighted by Gasteiger charge is -2.13. The molecule has 0 aliphatic rings. The third kappa shape index (κ3) is 5.42. The Kier molecular flexibility index (Phi) is 7.07. The second-order valence-electron chi connectivity index (χ2n) is 6.79. The minimum absolute atomic E-state index is 0.151. The topological polar surface area (TPSA) is 114 Å². The number of aliphatic carboxylic acids is 1. The molecule has 3 N–H and O–H groups in total. The van der Waals surface area contributed by atoms with Gasteiger partial charge >= 0.3 is 5.97 Å². The summed E-state index contributed by atoms with van der Waals surface area (Å²) >= 11 is 0. The lowest BCUT2D eigenvalue weighted by atomic mass is 10.1. The van der Waals surface area contributed by atoms with Gasteiger partial charge in [0.1, 0.15) is 0 Å². The van der Waals surface area contributed by atoms with Crippen LogP contribution in [-0.2, 0) is 11.2 Å². The summed E-state index contributed by atoms with van der Waals surface area (Å²) in [6.45, 7) is 0. The molecular formula is C24H22N2O6. The molecule has 0 aliphatic heterocycles. The molecule has 0 radical (unpaired) electrons. The summed E-state index contributed by atoms with van der Waals surface area (Å²) in [4.78, 5) is 36.5. The fourth-order valence-electron chi connectivity index (χ4n) is 3.09. The highest BCUT2D eigenvalue weighted by Crippen LogP contribution is 2.28. The smallest absolute Gasteiger partial charge is 0.307 e. The average molecular weight is 434 g/mol. The minimum Gasteiger partial charge on any atom is -0.493 e. The average Bonchev–Trinajstić information content (AvgIpc) is 2.78. The Morgan fingerprint density at radius 2 is 1.56 bits per heavy atom. The molecule has 32 heavy (non-hydrogen) atoms. The molecule has 0 aromatic heterocycles. The van der Waals surface area contributed by atoms with Crippen molar-refractivity contribution in [2.24, 2.45) is 0 Å². The molecule has 0 unspecified atom stereocenters. The van der Waals surface area contributed by atoms with Gasteiger partial charge in [0.2, 0.25) is 0 Å². The van der Waals surface area contributed by atoms with Crippen molar-refractivity contribution in [1.82, 2.24) is 0 Å². The molecular weight excluding hydrogens is 412 g/mol. The number of nitrogens with one attached hydrogen (secondary N) is 2. The maximum Gasteiger partial charge on any atom is 0.307 e. The molecule has 0 atom stereocenters. The summed E-state index contributed by atoms with van der Waals surface area (Å²) in [6, 6.07) is 17.9. The Labute approximate surface area is 184 Å². The maximum absolute atomic E-state index is 12.9. The van der Waals surface area contributed by atoms with Crippen LogP contribution in [0, 0.1) is 0 Å². The second kappa shape index (κ2) is 10.1. The molecule has 0 bridgehead atoms. The molecule has 0 spiro atoms. The predicted molar refractivity (Wildman–Crippen MR) is 120 cm³/mol. The first-order chi connectivity index (χ1) is 15.4. The van der Waals surface area contributed by atoms with Gasteiger partial charge in [-0.3, -0.25) is 14.4 Å². The number of hydrogen-bond donors (Lipinski definition) is 3. The molecule has 8 heteroatoms. The van der Waals surface area contributed by atoms with Gasteiger partial charge in [-0.05, 0) is 48.0 Å². The number of anilines is 2. The molecule has 3 aromatic rings. The summed E-state index contributed by atoms with van der Waals surface area (Å²) < 4.78 is 10.4. The highest BCUT2D eigenvalue weighted by molar-refractivity contribution is 6.12. The van der Waals surface area contributed by atoms with E-state index in [1.165, 1.54) is 14.2 Å². The molecule has 3 rings (SSSR count). The Morgan fingerprint density at radius 3 is 2.28 bits per heavy atom. The molecule has 0 saturated carbocycles. The number of rotatable bonds is 8. The number of hydrogen-bond acceptors (Lipinski definition) is 5. The Hall–Kier alpha value is -4.33. The summed E-state index contributed by atoms with van der Waals surface area (Å²) in [5.74, 6) is -0.923. The zero-order chi connectivity index (χ0) is 23.1. The van der Waals surface area contributed by atoms with Crippen molar-refractivity contribution in [3.63, 3.8) is 0 Å². The fraction of sp³-hybridized carbons (Fsp3) is 0.125. The highest BCUT2D eigenvalue weighted by Gasteiger charge is 2.16. The molecule has 0 heterocycles. The molecule has 0 aliphatic carbocycles. The number of carbonyl (C=O) groups is 3. The zero-order valence-electron chi connectivity index (χ0n) is 17.5. The van der Waals surface area contributed by atoms with E-state index < -0.39 is 17.8 Å². The van der Waals surface area contributed by atoms with E-state index in [4.69, 9.17) is 14.6 Å². The monoisotopic (exact) mass is 434 g/mol. The number of para-hydroxylation sites is 1. The van der Waals surface area contributed by atoms with E-state index in [9.17, 15) is 14.4 Å². The van der Waals surface area contributed by atoms with E-state index in [2.05, 4.69) is 10.6 Å². The quantitative estimate of drug-likeness (QED) is 0.496. The summed E-state index contributed by atoms with van der Waals surface area (Å²) in [5, 5.41) is 14.4. The van der Waals surface area contributed by atoms with Crippen molar-refractivity contribution >= 4 is 29.2 Å². The maximum atomic E-state index is 12.9. The van der Waals surface area contributed by atoms with Crippen molar-refractivity contribution in [2.75, 3.05) is 24.9 Å². The molecule has 0 saturated heterocycles. The van der Waals surface area contributed by atoms with Gasteiger partial charge in [0.05, 0.1) is 31.9 Å². The standard InChI is InChI=1S/C24H22N2O6/c1-31-20-11-10-16(14-21(20)32-2)23(29)26-19-9-4-3-8-18(19)24(30)25-17-7-5-6-15(12-17)13-22(27)28/h3-12,14H,13H2,1-2H3,(H,25,30)(H,26,29)(H,27,28). The van der Waals surface area contributed by atoms with E-state index in [0.717, 1.165) is 0 Å². The van der Waals surface area contributed by atoms with Crippen LogP contribution in [0.25, 0.3) is 0 Å². The lowest BCUT2D eigenvalue weighted by molar-refractivity contribution is -0.136. The summed E-state index contributed by atoms with van der Waals surface area (Å²) in [6.07, 6.45) is -0.151. The van der Waals surface area contributed by atoms with Crippen molar-refractivity contribution in [2.45, 2.75) is 6.42 Å². The largest absolute Gasteiger partial charge is 0.493 e. The van der Waals surface area contributed by atoms with E-state index in [1.807, 2.05) is 0 Å². The van der Waals surface area contributed by atoms with Crippen LogP contribution in [-0.4, -0.2) is 37.1 Å². The van der Waals surface area contributed by atoms with Gasteiger partial charge in [-0.15, -0.1) is 0 Å². The first-order valence-electron chi connectivity index (χ1n) is 9.65. The van der Waals surface area contributed by atoms with Gasteiger partial charge in [-0.25, -0.2) is 0 Å². The number of amides is 2. The van der Waals surface area contributed by atoms with Crippen LogP contribution >= 0.6 is 0 Å². The van der Waals surface area contributed by atoms with Crippen LogP contribution in [0.5, 0.6) is 11.5 Å². The van der Waals surface area contributed by atoms with Crippen LogP contribution in [0.1, 0.15) is 26.3 Å². The fourth-order valence-corrected chi connectivity index (χ4v) is 3.09. The van der Waals surface area contributed by atoms with E-state index in [1.54, 1.807) is 66.7 Å². The van der Waals surface area contributed by atoms with Gasteiger partial charge in [0.25, 0.3) is 11.8 Å². The van der Waals surface area contributed by atoms with Crippen molar-refractivity contribution in [3.8, 4) is 11.5 Å². The lowest BCUT2D eigenvalue weighted by Crippen LogP contribution is -2.18. The number of methoxy groups -OCH3 is 2. The summed E-state index contributed by atoms with van der Waals surface area (Å²) in [5.41, 5.74) is 1.93. The van der Waals surface area contributed by atoms with E-state index in [-0.39, 0.29) is 12.0 Å². The van der Waals surface area contributed by atoms with Gasteiger partial charge in [-0.1, -0.05) is 24.3 Å². The van der Waals surface area contributed by atoms with E-state index in [0.29, 0.717) is 34.0 Å². The first-order valence-corrected chi connectivity index (χ1v) is 9.65. The third-order valence-electron chi connectivity index (χ3n) is 4.61. The number of ether oxygens (including phenoxy) is 2. The van der Waals surface area contributed by atoms with Crippen LogP contribution < -0.4 is 20.1 Å². The number of carbonyl (C=O) groups excluding carboxylic acids is 2. The SMILES string of the molecule is COc1ccc(C(=O)Nc2ccccc2C(=O)Nc2cccc(CC(=O)O)c2)cc1OC. The van der Waals surface area contributed by atoms with E-state index >= 15 is 0 Å². The minimum atomic E-state index is -0.961. The number of carboxylic acid groups (broad SMARTS) is 1. The molecule has 2 amide bonds. The van der Waals surface area contributed by atoms with Crippen LogP contribution in [0.15, 0.2) is 66.7 Å². The Morgan fingerprint density at radius 1 is 0.812 bits per heavy atom. The van der Waals surface area contributed by atoms with Gasteiger partial charge in [-0.2, -0.15) is 0 Å². The van der Waals surface area contributed by atoms with Gasteiger partial charge in [0, 0.05) is 11.3 Å². The van der Waals surface area contributed by atoms with Crippen LogP contribution in [0.3, 0.4) is 0 Å². The number of benzene rings is 3. The van der Waals surface area contributed by atoms with Gasteiger partial charge in [0.15, 0.2) is 11.5 Å². The molecule has 164 valence electrons. The normalized spacial score (nSPS) is 10.2. The molecule has 0 fully saturated rings. The summed E-state index contributed by atoms with van der Waals surface area (Å²) in [7, 11) is 2.98. The number of carboxylic acids is 1. The van der Waals surface area contributed by atoms with Crippen molar-refractivity contribution < 1.29 is 29.0 Å². The third-order valence-corrected chi connectivity index (χ3v) is 4.61. The predicted octanol–water partition coefficient (Wildman–Crippen LogP) is 3.84. The van der Waals surface area contributed by atoms with Gasteiger partial charge < -0.3 is 25.2 Å². The van der Waals surface area contributed by atoms with Crippen LogP contribution in [0.4, 0.5) is 11.4 Å². The highest BCUT2D eigenvalue weighted by atomic mass is 16.5. The Balaban J connectivity index is 1.79. The Bertz CT molecular complexity index is 1160. The molecule has 3 aromatic carbocycles. The first kappa shape index (κ1) is 22.4. The van der Waals surface area contributed by atoms with Crippen molar-refractivity contribution in [3.05, 3.63) is 83.4 Å². The zero-order valence-corrected chi connectivity index (χ0v) is 17.5. The van der Waals surface area contributed by atoms with Crippen LogP contribution in [0.2, 0.25) is 0 Å².